The summed E-state index contributed by atoms with van der Waals surface area (Å²) < 4.78 is 0. The van der Waals surface area contributed by atoms with Crippen LogP contribution in [0.5, 0.6) is 0 Å². The Hall–Kier alpha value is -3.85. The number of anilines is 1. The molecule has 0 amide bonds. The van der Waals surface area contributed by atoms with Gasteiger partial charge in [0.05, 0.1) is 16.2 Å². The Bertz CT molecular complexity index is 1160. The summed E-state index contributed by atoms with van der Waals surface area (Å²) in [4.78, 5) is 30.8. The average molecular weight is 422 g/mol. The summed E-state index contributed by atoms with van der Waals surface area (Å²) in [5, 5.41) is 14.4. The van der Waals surface area contributed by atoms with Crippen LogP contribution in [0.1, 0.15) is 5.82 Å². The van der Waals surface area contributed by atoms with Gasteiger partial charge in [-0.2, -0.15) is 0 Å². The molecule has 0 bridgehead atoms. The first-order valence-corrected chi connectivity index (χ1v) is 9.44. The lowest BCUT2D eigenvalue weighted by molar-refractivity contribution is -0.385. The molecule has 3 heterocycles. The number of H-pyrrole nitrogens is 1. The fourth-order valence-corrected chi connectivity index (χ4v) is 3.11. The van der Waals surface area contributed by atoms with Crippen molar-refractivity contribution < 1.29 is 4.92 Å². The zero-order valence-electron chi connectivity index (χ0n) is 15.6. The molecule has 0 saturated carbocycles. The molecule has 2 N–H and O–H groups in total. The van der Waals surface area contributed by atoms with Gasteiger partial charge in [-0.1, -0.05) is 29.8 Å². The number of nitrogens with zero attached hydrogens (tertiary/aromatic N) is 5. The molecule has 30 heavy (non-hydrogen) atoms. The van der Waals surface area contributed by atoms with Gasteiger partial charge in [0.25, 0.3) is 5.69 Å². The fourth-order valence-electron chi connectivity index (χ4n) is 2.88. The molecule has 0 aliphatic rings. The first-order chi connectivity index (χ1) is 14.6. The third-order valence-electron chi connectivity index (χ3n) is 4.33. The van der Waals surface area contributed by atoms with Gasteiger partial charge in [-0.3, -0.25) is 10.1 Å². The number of hydrogen-bond acceptors (Lipinski definition) is 7. The van der Waals surface area contributed by atoms with Crippen molar-refractivity contribution in [3.63, 3.8) is 0 Å². The SMILES string of the molecule is O=[N+]([O-])c1ccc(NCCc2ncc(-c3ncc[nH]3)c(-c3ccccc3Cl)n2)nc1. The molecule has 4 rings (SSSR count). The number of pyridine rings is 1. The van der Waals surface area contributed by atoms with Gasteiger partial charge in [0.1, 0.15) is 23.7 Å². The van der Waals surface area contributed by atoms with Crippen LogP contribution < -0.4 is 5.32 Å². The number of benzene rings is 1. The van der Waals surface area contributed by atoms with Gasteiger partial charge >= 0.3 is 0 Å². The standard InChI is InChI=1S/C20H16ClN7O2/c21-16-4-2-1-3-14(16)19-15(20-23-9-10-24-20)12-26-18(27-19)7-8-22-17-6-5-13(11-25-17)28(29)30/h1-6,9-12H,7-8H2,(H,22,25)(H,23,24). The normalized spacial score (nSPS) is 10.7. The molecular weight excluding hydrogens is 406 g/mol. The van der Waals surface area contributed by atoms with E-state index in [0.29, 0.717) is 41.1 Å². The Balaban J connectivity index is 1.55. The second kappa shape index (κ2) is 8.66. The van der Waals surface area contributed by atoms with Crippen molar-refractivity contribution in [1.29, 1.82) is 0 Å². The van der Waals surface area contributed by atoms with E-state index in [1.54, 1.807) is 24.7 Å². The van der Waals surface area contributed by atoms with Crippen LogP contribution in [0.25, 0.3) is 22.6 Å². The molecule has 4 aromatic rings. The van der Waals surface area contributed by atoms with E-state index < -0.39 is 4.92 Å². The maximum absolute atomic E-state index is 10.7. The van der Waals surface area contributed by atoms with Gasteiger partial charge in [0.15, 0.2) is 0 Å². The lowest BCUT2D eigenvalue weighted by Crippen LogP contribution is -2.09. The predicted octanol–water partition coefficient (Wildman–Crippen LogP) is 4.14. The Kier molecular flexibility index (Phi) is 5.62. The minimum atomic E-state index is -0.485. The van der Waals surface area contributed by atoms with Crippen molar-refractivity contribution in [2.24, 2.45) is 0 Å². The van der Waals surface area contributed by atoms with Gasteiger partial charge in [-0.25, -0.2) is 19.9 Å². The van der Waals surface area contributed by atoms with E-state index >= 15 is 0 Å². The minimum Gasteiger partial charge on any atom is -0.370 e. The number of aromatic amines is 1. The zero-order chi connectivity index (χ0) is 20.9. The maximum Gasteiger partial charge on any atom is 0.287 e. The number of hydrogen-bond donors (Lipinski definition) is 2. The summed E-state index contributed by atoms with van der Waals surface area (Å²) in [6.45, 7) is 0.507. The summed E-state index contributed by atoms with van der Waals surface area (Å²) >= 11 is 6.40. The predicted molar refractivity (Wildman–Crippen MR) is 113 cm³/mol. The van der Waals surface area contributed by atoms with Crippen molar-refractivity contribution >= 4 is 23.1 Å². The van der Waals surface area contributed by atoms with Crippen LogP contribution in [-0.4, -0.2) is 36.4 Å². The molecular formula is C20H16ClN7O2. The van der Waals surface area contributed by atoms with Crippen LogP contribution >= 0.6 is 11.6 Å². The number of rotatable bonds is 7. The van der Waals surface area contributed by atoms with Gasteiger partial charge < -0.3 is 10.3 Å². The Morgan fingerprint density at radius 1 is 1.07 bits per heavy atom. The van der Waals surface area contributed by atoms with Crippen molar-refractivity contribution in [2.75, 3.05) is 11.9 Å². The second-order valence-corrected chi connectivity index (χ2v) is 6.71. The largest absolute Gasteiger partial charge is 0.370 e. The monoisotopic (exact) mass is 421 g/mol. The average Bonchev–Trinajstić information content (AvgIpc) is 3.29. The highest BCUT2D eigenvalue weighted by atomic mass is 35.5. The van der Waals surface area contributed by atoms with E-state index in [0.717, 1.165) is 11.1 Å². The summed E-state index contributed by atoms with van der Waals surface area (Å²) in [6, 6.07) is 10.4. The molecule has 0 saturated heterocycles. The minimum absolute atomic E-state index is 0.0539. The lowest BCUT2D eigenvalue weighted by Gasteiger charge is -2.11. The summed E-state index contributed by atoms with van der Waals surface area (Å²) in [5.41, 5.74) is 2.18. The van der Waals surface area contributed by atoms with Crippen molar-refractivity contribution in [3.05, 3.63) is 82.1 Å². The molecule has 0 aliphatic carbocycles. The van der Waals surface area contributed by atoms with Crippen LogP contribution in [0.4, 0.5) is 11.5 Å². The molecule has 0 unspecified atom stereocenters. The van der Waals surface area contributed by atoms with Crippen LogP contribution in [0, 0.1) is 10.1 Å². The first-order valence-electron chi connectivity index (χ1n) is 9.06. The molecule has 0 atom stereocenters. The van der Waals surface area contributed by atoms with Crippen LogP contribution in [0.15, 0.2) is 61.2 Å². The number of imidazole rings is 1. The number of aromatic nitrogens is 5. The van der Waals surface area contributed by atoms with Crippen LogP contribution in [-0.2, 0) is 6.42 Å². The van der Waals surface area contributed by atoms with Crippen molar-refractivity contribution in [3.8, 4) is 22.6 Å². The van der Waals surface area contributed by atoms with E-state index in [9.17, 15) is 10.1 Å². The van der Waals surface area contributed by atoms with Gasteiger partial charge in [-0.15, -0.1) is 0 Å². The van der Waals surface area contributed by atoms with Gasteiger partial charge in [0.2, 0.25) is 0 Å². The molecule has 9 nitrogen and oxygen atoms in total. The van der Waals surface area contributed by atoms with Crippen LogP contribution in [0.2, 0.25) is 5.02 Å². The van der Waals surface area contributed by atoms with E-state index in [4.69, 9.17) is 16.6 Å². The molecule has 0 radical (unpaired) electrons. The number of nitrogens with one attached hydrogen (secondary N) is 2. The van der Waals surface area contributed by atoms with E-state index in [1.807, 2.05) is 24.3 Å². The number of halogens is 1. The van der Waals surface area contributed by atoms with E-state index in [1.165, 1.54) is 12.3 Å². The summed E-state index contributed by atoms with van der Waals surface area (Å²) in [6.07, 6.45) is 6.87. The third kappa shape index (κ3) is 4.26. The highest BCUT2D eigenvalue weighted by Crippen LogP contribution is 2.32. The van der Waals surface area contributed by atoms with Crippen molar-refractivity contribution in [2.45, 2.75) is 6.42 Å². The highest BCUT2D eigenvalue weighted by Gasteiger charge is 2.15. The second-order valence-electron chi connectivity index (χ2n) is 6.30. The van der Waals surface area contributed by atoms with Gasteiger partial charge in [0, 0.05) is 48.2 Å². The molecule has 0 fully saturated rings. The van der Waals surface area contributed by atoms with E-state index in [2.05, 4.69) is 25.3 Å². The third-order valence-corrected chi connectivity index (χ3v) is 4.66. The molecule has 150 valence electrons. The molecule has 1 aromatic carbocycles. The highest BCUT2D eigenvalue weighted by molar-refractivity contribution is 6.33. The Labute approximate surface area is 176 Å². The number of nitro groups is 1. The molecule has 3 aromatic heterocycles. The maximum atomic E-state index is 10.7. The Morgan fingerprint density at radius 3 is 2.63 bits per heavy atom. The Morgan fingerprint density at radius 2 is 1.93 bits per heavy atom. The molecule has 0 spiro atoms. The molecule has 10 heteroatoms. The quantitative estimate of drug-likeness (QED) is 0.339. The molecule has 0 aliphatic heterocycles. The summed E-state index contributed by atoms with van der Waals surface area (Å²) in [7, 11) is 0. The first kappa shape index (κ1) is 19.5. The smallest absolute Gasteiger partial charge is 0.287 e. The lowest BCUT2D eigenvalue weighted by atomic mass is 10.1. The topological polar surface area (TPSA) is 123 Å². The van der Waals surface area contributed by atoms with Gasteiger partial charge in [-0.05, 0) is 12.1 Å². The van der Waals surface area contributed by atoms with Crippen molar-refractivity contribution in [1.82, 2.24) is 24.9 Å². The fraction of sp³-hybridized carbons (Fsp3) is 0.100. The van der Waals surface area contributed by atoms with E-state index in [-0.39, 0.29) is 5.69 Å². The zero-order valence-corrected chi connectivity index (χ0v) is 16.4. The van der Waals surface area contributed by atoms with Crippen LogP contribution in [0.3, 0.4) is 0 Å². The summed E-state index contributed by atoms with van der Waals surface area (Å²) in [5.74, 6) is 1.82.